The van der Waals surface area contributed by atoms with E-state index in [4.69, 9.17) is 5.11 Å². The van der Waals surface area contributed by atoms with Gasteiger partial charge in [0, 0.05) is 11.8 Å². The van der Waals surface area contributed by atoms with Gasteiger partial charge in [-0.1, -0.05) is 31.2 Å². The van der Waals surface area contributed by atoms with Crippen molar-refractivity contribution < 1.29 is 9.90 Å². The number of carbonyl (C=O) groups is 1. The Balaban J connectivity index is 2.03. The van der Waals surface area contributed by atoms with Crippen molar-refractivity contribution >= 4 is 17.3 Å². The summed E-state index contributed by atoms with van der Waals surface area (Å²) in [4.78, 5) is 14.9. The SMILES string of the molecule is CCc1ccc(Cc2nc(CC(=O)O)cs2)cc1. The molecule has 1 heterocycles. The number of aromatic nitrogens is 1. The highest BCUT2D eigenvalue weighted by Crippen LogP contribution is 2.16. The molecular formula is C14H15NO2S. The Labute approximate surface area is 110 Å². The van der Waals surface area contributed by atoms with Crippen molar-refractivity contribution in [2.45, 2.75) is 26.2 Å². The van der Waals surface area contributed by atoms with E-state index in [0.717, 1.165) is 17.8 Å². The van der Waals surface area contributed by atoms with Gasteiger partial charge in [0.15, 0.2) is 0 Å². The van der Waals surface area contributed by atoms with Gasteiger partial charge in [-0.25, -0.2) is 4.98 Å². The molecule has 0 atom stereocenters. The number of benzene rings is 1. The highest BCUT2D eigenvalue weighted by atomic mass is 32.1. The smallest absolute Gasteiger partial charge is 0.309 e. The third kappa shape index (κ3) is 3.40. The Morgan fingerprint density at radius 2 is 1.94 bits per heavy atom. The summed E-state index contributed by atoms with van der Waals surface area (Å²) < 4.78 is 0. The van der Waals surface area contributed by atoms with Gasteiger partial charge in [-0.3, -0.25) is 4.79 Å². The largest absolute Gasteiger partial charge is 0.481 e. The lowest BCUT2D eigenvalue weighted by Gasteiger charge is -2.00. The second-order valence-electron chi connectivity index (χ2n) is 4.15. The average Bonchev–Trinajstić information content (AvgIpc) is 2.76. The van der Waals surface area contributed by atoms with E-state index >= 15 is 0 Å². The Bertz CT molecular complexity index is 531. The normalized spacial score (nSPS) is 10.5. The van der Waals surface area contributed by atoms with Crippen LogP contribution in [0.3, 0.4) is 0 Å². The number of carboxylic acids is 1. The minimum absolute atomic E-state index is 0.00523. The van der Waals surface area contributed by atoms with Gasteiger partial charge in [0.2, 0.25) is 0 Å². The lowest BCUT2D eigenvalue weighted by molar-refractivity contribution is -0.136. The number of nitrogens with zero attached hydrogens (tertiary/aromatic N) is 1. The first-order valence-corrected chi connectivity index (χ1v) is 6.78. The van der Waals surface area contributed by atoms with Gasteiger partial charge in [-0.2, -0.15) is 0 Å². The number of hydrogen-bond donors (Lipinski definition) is 1. The monoisotopic (exact) mass is 261 g/mol. The van der Waals surface area contributed by atoms with Crippen molar-refractivity contribution in [3.8, 4) is 0 Å². The molecule has 0 unspecified atom stereocenters. The predicted molar refractivity (Wildman–Crippen MR) is 72.1 cm³/mol. The molecule has 0 aliphatic rings. The molecule has 3 nitrogen and oxygen atoms in total. The zero-order valence-corrected chi connectivity index (χ0v) is 11.0. The second kappa shape index (κ2) is 5.78. The van der Waals surface area contributed by atoms with Crippen LogP contribution in [0.25, 0.3) is 0 Å². The lowest BCUT2D eigenvalue weighted by Crippen LogP contribution is -2.00. The van der Waals surface area contributed by atoms with E-state index in [1.54, 1.807) is 0 Å². The predicted octanol–water partition coefficient (Wildman–Crippen LogP) is 2.92. The van der Waals surface area contributed by atoms with Crippen LogP contribution in [-0.4, -0.2) is 16.1 Å². The highest BCUT2D eigenvalue weighted by Gasteiger charge is 2.06. The van der Waals surface area contributed by atoms with Crippen LogP contribution in [0.2, 0.25) is 0 Å². The maximum absolute atomic E-state index is 10.6. The standard InChI is InChI=1S/C14H15NO2S/c1-2-10-3-5-11(6-4-10)7-13-15-12(9-18-13)8-14(16)17/h3-6,9H,2,7-8H2,1H3,(H,16,17). The summed E-state index contributed by atoms with van der Waals surface area (Å²) in [7, 11) is 0. The Morgan fingerprint density at radius 1 is 1.28 bits per heavy atom. The fourth-order valence-electron chi connectivity index (χ4n) is 1.73. The van der Waals surface area contributed by atoms with E-state index in [1.807, 2.05) is 5.38 Å². The molecule has 1 aromatic heterocycles. The summed E-state index contributed by atoms with van der Waals surface area (Å²) in [6, 6.07) is 8.47. The Kier molecular flexibility index (Phi) is 4.10. The first-order valence-electron chi connectivity index (χ1n) is 5.90. The molecule has 0 spiro atoms. The van der Waals surface area contributed by atoms with Crippen molar-refractivity contribution in [3.63, 3.8) is 0 Å². The Morgan fingerprint density at radius 3 is 2.56 bits per heavy atom. The number of carboxylic acid groups (broad SMARTS) is 1. The average molecular weight is 261 g/mol. The van der Waals surface area contributed by atoms with E-state index in [-0.39, 0.29) is 6.42 Å². The molecule has 0 aliphatic carbocycles. The summed E-state index contributed by atoms with van der Waals surface area (Å²) in [5, 5.41) is 11.5. The first kappa shape index (κ1) is 12.8. The molecule has 94 valence electrons. The molecule has 0 bridgehead atoms. The van der Waals surface area contributed by atoms with Crippen LogP contribution in [0.5, 0.6) is 0 Å². The maximum Gasteiger partial charge on any atom is 0.309 e. The topological polar surface area (TPSA) is 50.2 Å². The molecule has 0 saturated carbocycles. The van der Waals surface area contributed by atoms with Crippen molar-refractivity contribution in [2.75, 3.05) is 0 Å². The van der Waals surface area contributed by atoms with E-state index < -0.39 is 5.97 Å². The van der Waals surface area contributed by atoms with E-state index in [2.05, 4.69) is 36.2 Å². The fourth-order valence-corrected chi connectivity index (χ4v) is 2.56. The highest BCUT2D eigenvalue weighted by molar-refractivity contribution is 7.09. The number of aliphatic carboxylic acids is 1. The molecule has 0 saturated heterocycles. The van der Waals surface area contributed by atoms with Crippen LogP contribution in [-0.2, 0) is 24.1 Å². The quantitative estimate of drug-likeness (QED) is 0.900. The van der Waals surface area contributed by atoms with Crippen LogP contribution in [0.4, 0.5) is 0 Å². The molecule has 0 fully saturated rings. The third-order valence-corrected chi connectivity index (χ3v) is 3.62. The van der Waals surface area contributed by atoms with Crippen LogP contribution in [0.15, 0.2) is 29.6 Å². The van der Waals surface area contributed by atoms with Crippen molar-refractivity contribution in [1.82, 2.24) is 4.98 Å². The summed E-state index contributed by atoms with van der Waals surface area (Å²) in [6.45, 7) is 2.13. The first-order chi connectivity index (χ1) is 8.67. The minimum Gasteiger partial charge on any atom is -0.481 e. The maximum atomic E-state index is 10.6. The summed E-state index contributed by atoms with van der Waals surface area (Å²) >= 11 is 1.52. The van der Waals surface area contributed by atoms with E-state index in [1.165, 1.54) is 22.5 Å². The van der Waals surface area contributed by atoms with E-state index in [0.29, 0.717) is 5.69 Å². The summed E-state index contributed by atoms with van der Waals surface area (Å²) in [6.07, 6.45) is 1.82. The fraction of sp³-hybridized carbons (Fsp3) is 0.286. The van der Waals surface area contributed by atoms with Gasteiger partial charge in [0.05, 0.1) is 17.1 Å². The molecule has 0 radical (unpaired) electrons. The van der Waals surface area contributed by atoms with Crippen LogP contribution < -0.4 is 0 Å². The molecule has 4 heteroatoms. The van der Waals surface area contributed by atoms with Gasteiger partial charge in [-0.05, 0) is 17.5 Å². The second-order valence-corrected chi connectivity index (χ2v) is 5.09. The Hall–Kier alpha value is -1.68. The van der Waals surface area contributed by atoms with E-state index in [9.17, 15) is 4.79 Å². The molecule has 1 aromatic carbocycles. The molecule has 0 amide bonds. The van der Waals surface area contributed by atoms with Gasteiger partial charge in [-0.15, -0.1) is 11.3 Å². The van der Waals surface area contributed by atoms with Gasteiger partial charge in [0.25, 0.3) is 0 Å². The molecule has 2 aromatic rings. The van der Waals surface area contributed by atoms with Gasteiger partial charge < -0.3 is 5.11 Å². The molecular weight excluding hydrogens is 246 g/mol. The van der Waals surface area contributed by atoms with Crippen molar-refractivity contribution in [3.05, 3.63) is 51.5 Å². The number of thiazole rings is 1. The molecule has 18 heavy (non-hydrogen) atoms. The number of aryl methyl sites for hydroxylation is 1. The van der Waals surface area contributed by atoms with Crippen molar-refractivity contribution in [2.24, 2.45) is 0 Å². The number of hydrogen-bond acceptors (Lipinski definition) is 3. The van der Waals surface area contributed by atoms with Crippen molar-refractivity contribution in [1.29, 1.82) is 0 Å². The lowest BCUT2D eigenvalue weighted by atomic mass is 10.1. The van der Waals surface area contributed by atoms with Crippen LogP contribution in [0, 0.1) is 0 Å². The van der Waals surface area contributed by atoms with Gasteiger partial charge in [0.1, 0.15) is 0 Å². The van der Waals surface area contributed by atoms with Gasteiger partial charge >= 0.3 is 5.97 Å². The summed E-state index contributed by atoms with van der Waals surface area (Å²) in [5.41, 5.74) is 3.18. The summed E-state index contributed by atoms with van der Waals surface area (Å²) in [5.74, 6) is -0.834. The molecule has 1 N–H and O–H groups in total. The van der Waals surface area contributed by atoms with Crippen LogP contribution >= 0.6 is 11.3 Å². The zero-order chi connectivity index (χ0) is 13.0. The van der Waals surface area contributed by atoms with Crippen LogP contribution in [0.1, 0.15) is 28.8 Å². The number of rotatable bonds is 5. The molecule has 0 aliphatic heterocycles. The zero-order valence-electron chi connectivity index (χ0n) is 10.2. The minimum atomic E-state index is -0.834. The molecule has 2 rings (SSSR count). The third-order valence-electron chi connectivity index (χ3n) is 2.72.